The fraction of sp³-hybridized carbons (Fsp3) is 1.00. The SMILES string of the molecule is CC1(C)O[C@H]2C[C@H]3COC[C@H]3C[C@H]2O1. The molecule has 1 saturated carbocycles. The van der Waals surface area contributed by atoms with Crippen LogP contribution in [0.25, 0.3) is 0 Å². The molecule has 2 aliphatic heterocycles. The highest BCUT2D eigenvalue weighted by atomic mass is 16.7. The zero-order chi connectivity index (χ0) is 9.76. The summed E-state index contributed by atoms with van der Waals surface area (Å²) >= 11 is 0. The molecule has 0 aromatic carbocycles. The van der Waals surface area contributed by atoms with Crippen LogP contribution in [0.2, 0.25) is 0 Å². The van der Waals surface area contributed by atoms with Crippen LogP contribution < -0.4 is 0 Å². The molecule has 0 aromatic heterocycles. The summed E-state index contributed by atoms with van der Waals surface area (Å²) < 4.78 is 17.3. The first-order valence-electron chi connectivity index (χ1n) is 5.57. The summed E-state index contributed by atoms with van der Waals surface area (Å²) in [5.41, 5.74) is 0. The predicted molar refractivity (Wildman–Crippen MR) is 50.9 cm³/mol. The van der Waals surface area contributed by atoms with E-state index in [4.69, 9.17) is 14.2 Å². The molecule has 3 heteroatoms. The van der Waals surface area contributed by atoms with Gasteiger partial charge in [0.1, 0.15) is 0 Å². The van der Waals surface area contributed by atoms with Gasteiger partial charge in [0.2, 0.25) is 0 Å². The van der Waals surface area contributed by atoms with Gasteiger partial charge in [0.05, 0.1) is 12.2 Å². The fourth-order valence-corrected chi connectivity index (χ4v) is 3.07. The third kappa shape index (κ3) is 1.38. The maximum absolute atomic E-state index is 5.88. The van der Waals surface area contributed by atoms with Gasteiger partial charge in [-0.15, -0.1) is 0 Å². The Morgan fingerprint density at radius 3 is 1.93 bits per heavy atom. The van der Waals surface area contributed by atoms with E-state index in [-0.39, 0.29) is 5.79 Å². The highest BCUT2D eigenvalue weighted by molar-refractivity contribution is 4.93. The standard InChI is InChI=1S/C11H18O3/c1-11(2)13-9-3-7-5-12-6-8(7)4-10(9)14-11/h7-10H,3-6H2,1-2H3/t7-,8+,9-,10+. The lowest BCUT2D eigenvalue weighted by atomic mass is 9.79. The Balaban J connectivity index is 1.74. The summed E-state index contributed by atoms with van der Waals surface area (Å²) in [6.07, 6.45) is 2.87. The molecule has 0 radical (unpaired) electrons. The summed E-state index contributed by atoms with van der Waals surface area (Å²) in [5.74, 6) is 1.07. The van der Waals surface area contributed by atoms with Crippen LogP contribution in [0.4, 0.5) is 0 Å². The third-order valence-corrected chi connectivity index (χ3v) is 3.69. The van der Waals surface area contributed by atoms with Crippen LogP contribution in [0.1, 0.15) is 26.7 Å². The molecule has 14 heavy (non-hydrogen) atoms. The topological polar surface area (TPSA) is 27.7 Å². The van der Waals surface area contributed by atoms with Crippen molar-refractivity contribution in [2.24, 2.45) is 11.8 Å². The Kier molecular flexibility index (Phi) is 1.92. The summed E-state index contributed by atoms with van der Waals surface area (Å²) in [5, 5.41) is 0. The smallest absolute Gasteiger partial charge is 0.163 e. The molecule has 2 heterocycles. The Hall–Kier alpha value is -0.120. The molecule has 0 aromatic rings. The van der Waals surface area contributed by atoms with Gasteiger partial charge < -0.3 is 14.2 Å². The molecule has 0 bridgehead atoms. The molecule has 0 unspecified atom stereocenters. The van der Waals surface area contributed by atoms with Crippen molar-refractivity contribution in [3.8, 4) is 0 Å². The molecule has 0 N–H and O–H groups in total. The molecule has 3 aliphatic rings. The van der Waals surface area contributed by atoms with E-state index in [0.717, 1.165) is 26.1 Å². The first-order chi connectivity index (χ1) is 6.64. The number of fused-ring (bicyclic) bond motifs is 2. The number of hydrogen-bond acceptors (Lipinski definition) is 3. The van der Waals surface area contributed by atoms with Crippen LogP contribution in [0.5, 0.6) is 0 Å². The predicted octanol–water partition coefficient (Wildman–Crippen LogP) is 1.56. The molecule has 4 atom stereocenters. The Labute approximate surface area is 84.7 Å². The van der Waals surface area contributed by atoms with Crippen molar-refractivity contribution in [2.75, 3.05) is 13.2 Å². The first kappa shape index (κ1) is 9.13. The largest absolute Gasteiger partial charge is 0.381 e. The third-order valence-electron chi connectivity index (χ3n) is 3.69. The summed E-state index contributed by atoms with van der Waals surface area (Å²) in [6, 6.07) is 0. The van der Waals surface area contributed by atoms with Crippen LogP contribution in [0, 0.1) is 11.8 Å². The highest BCUT2D eigenvalue weighted by Gasteiger charge is 2.48. The summed E-state index contributed by atoms with van der Waals surface area (Å²) in [6.45, 7) is 5.88. The second-order valence-corrected chi connectivity index (χ2v) is 5.24. The lowest BCUT2D eigenvalue weighted by molar-refractivity contribution is -0.146. The van der Waals surface area contributed by atoms with Gasteiger partial charge in [-0.1, -0.05) is 0 Å². The van der Waals surface area contributed by atoms with E-state index in [1.807, 2.05) is 13.8 Å². The molecule has 2 saturated heterocycles. The maximum atomic E-state index is 5.88. The minimum atomic E-state index is -0.366. The Bertz CT molecular complexity index is 217. The van der Waals surface area contributed by atoms with Crippen LogP contribution in [0.3, 0.4) is 0 Å². The Morgan fingerprint density at radius 1 is 0.929 bits per heavy atom. The average Bonchev–Trinajstić information content (AvgIpc) is 2.59. The average molecular weight is 198 g/mol. The van der Waals surface area contributed by atoms with E-state index in [0.29, 0.717) is 24.0 Å². The van der Waals surface area contributed by atoms with Crippen LogP contribution in [-0.2, 0) is 14.2 Å². The molecule has 3 nitrogen and oxygen atoms in total. The van der Waals surface area contributed by atoms with Crippen molar-refractivity contribution in [1.29, 1.82) is 0 Å². The van der Waals surface area contributed by atoms with E-state index in [1.165, 1.54) is 0 Å². The summed E-state index contributed by atoms with van der Waals surface area (Å²) in [4.78, 5) is 0. The monoisotopic (exact) mass is 198 g/mol. The molecule has 80 valence electrons. The molecular weight excluding hydrogens is 180 g/mol. The van der Waals surface area contributed by atoms with E-state index in [9.17, 15) is 0 Å². The molecule has 3 fully saturated rings. The van der Waals surface area contributed by atoms with E-state index >= 15 is 0 Å². The van der Waals surface area contributed by atoms with Gasteiger partial charge in [0, 0.05) is 13.2 Å². The molecule has 1 aliphatic carbocycles. The highest BCUT2D eigenvalue weighted by Crippen LogP contribution is 2.43. The second-order valence-electron chi connectivity index (χ2n) is 5.24. The van der Waals surface area contributed by atoms with Crippen molar-refractivity contribution in [2.45, 2.75) is 44.7 Å². The van der Waals surface area contributed by atoms with Crippen LogP contribution in [0.15, 0.2) is 0 Å². The fourth-order valence-electron chi connectivity index (χ4n) is 3.07. The number of rotatable bonds is 0. The number of ether oxygens (including phenoxy) is 3. The van der Waals surface area contributed by atoms with Crippen LogP contribution in [-0.4, -0.2) is 31.2 Å². The zero-order valence-electron chi connectivity index (χ0n) is 8.86. The van der Waals surface area contributed by atoms with Crippen molar-refractivity contribution in [3.63, 3.8) is 0 Å². The Morgan fingerprint density at radius 2 is 1.43 bits per heavy atom. The number of hydrogen-bond donors (Lipinski definition) is 0. The van der Waals surface area contributed by atoms with Gasteiger partial charge in [-0.25, -0.2) is 0 Å². The van der Waals surface area contributed by atoms with Crippen molar-refractivity contribution in [1.82, 2.24) is 0 Å². The lowest BCUT2D eigenvalue weighted by Gasteiger charge is -2.30. The van der Waals surface area contributed by atoms with Gasteiger partial charge in [0.15, 0.2) is 5.79 Å². The summed E-state index contributed by atoms with van der Waals surface area (Å²) in [7, 11) is 0. The van der Waals surface area contributed by atoms with Gasteiger partial charge in [0.25, 0.3) is 0 Å². The van der Waals surface area contributed by atoms with E-state index < -0.39 is 0 Å². The normalized spacial score (nSPS) is 50.1. The molecule has 0 spiro atoms. The van der Waals surface area contributed by atoms with Crippen LogP contribution >= 0.6 is 0 Å². The maximum Gasteiger partial charge on any atom is 0.163 e. The minimum Gasteiger partial charge on any atom is -0.381 e. The lowest BCUT2D eigenvalue weighted by Crippen LogP contribution is -2.36. The zero-order valence-corrected chi connectivity index (χ0v) is 8.86. The molecular formula is C11H18O3. The molecule has 0 amide bonds. The second kappa shape index (κ2) is 2.94. The molecule has 3 rings (SSSR count). The quantitative estimate of drug-likeness (QED) is 0.591. The first-order valence-corrected chi connectivity index (χ1v) is 5.57. The van der Waals surface area contributed by atoms with E-state index in [2.05, 4.69) is 0 Å². The van der Waals surface area contributed by atoms with E-state index in [1.54, 1.807) is 0 Å². The van der Waals surface area contributed by atoms with Crippen molar-refractivity contribution < 1.29 is 14.2 Å². The van der Waals surface area contributed by atoms with Crippen molar-refractivity contribution >= 4 is 0 Å². The van der Waals surface area contributed by atoms with Gasteiger partial charge >= 0.3 is 0 Å². The van der Waals surface area contributed by atoms with Gasteiger partial charge in [-0.2, -0.15) is 0 Å². The minimum absolute atomic E-state index is 0.313. The van der Waals surface area contributed by atoms with Gasteiger partial charge in [-0.05, 0) is 38.5 Å². The van der Waals surface area contributed by atoms with Gasteiger partial charge in [-0.3, -0.25) is 0 Å². The van der Waals surface area contributed by atoms with Crippen molar-refractivity contribution in [3.05, 3.63) is 0 Å².